The first-order valence-corrected chi connectivity index (χ1v) is 6.64. The fourth-order valence-corrected chi connectivity index (χ4v) is 1.96. The average molecular weight is 306 g/mol. The van der Waals surface area contributed by atoms with Gasteiger partial charge in [0.05, 0.1) is 29.9 Å². The molecule has 0 aliphatic rings. The molecule has 0 bridgehead atoms. The highest BCUT2D eigenvalue weighted by molar-refractivity contribution is 6.37. The van der Waals surface area contributed by atoms with Gasteiger partial charge in [0.25, 0.3) is 5.91 Å². The van der Waals surface area contributed by atoms with Gasteiger partial charge in [0.1, 0.15) is 5.56 Å². The van der Waals surface area contributed by atoms with Gasteiger partial charge in [-0.1, -0.05) is 23.2 Å². The van der Waals surface area contributed by atoms with Gasteiger partial charge in [0.2, 0.25) is 0 Å². The maximum Gasteiger partial charge on any atom is 0.256 e. The lowest BCUT2D eigenvalue weighted by molar-refractivity contribution is 0.0745. The van der Waals surface area contributed by atoms with Crippen molar-refractivity contribution in [1.82, 2.24) is 5.32 Å². The van der Waals surface area contributed by atoms with Gasteiger partial charge in [0.15, 0.2) is 5.75 Å². The average Bonchev–Trinajstić information content (AvgIpc) is 2.36. The first-order chi connectivity index (χ1) is 8.97. The maximum atomic E-state index is 12.1. The Bertz CT molecular complexity index is 450. The van der Waals surface area contributed by atoms with Crippen molar-refractivity contribution in [1.29, 1.82) is 0 Å². The van der Waals surface area contributed by atoms with Crippen LogP contribution in [-0.4, -0.2) is 32.3 Å². The SMILES string of the molecule is COc1c(Cl)ccc(Cl)c1C(=O)NCCOC(C)C. The summed E-state index contributed by atoms with van der Waals surface area (Å²) in [4.78, 5) is 12.1. The number of benzene rings is 1. The van der Waals surface area contributed by atoms with Crippen molar-refractivity contribution in [3.8, 4) is 5.75 Å². The molecular formula is C13H17Cl2NO3. The van der Waals surface area contributed by atoms with E-state index in [2.05, 4.69) is 5.32 Å². The molecule has 1 amide bonds. The van der Waals surface area contributed by atoms with E-state index in [1.165, 1.54) is 7.11 Å². The maximum absolute atomic E-state index is 12.1. The Hall–Kier alpha value is -0.970. The molecule has 0 aromatic heterocycles. The zero-order chi connectivity index (χ0) is 14.4. The quantitative estimate of drug-likeness (QED) is 0.821. The third-order valence-corrected chi connectivity index (χ3v) is 2.94. The highest BCUT2D eigenvalue weighted by Crippen LogP contribution is 2.33. The van der Waals surface area contributed by atoms with Crippen molar-refractivity contribution in [2.75, 3.05) is 20.3 Å². The number of amides is 1. The molecule has 0 saturated carbocycles. The molecule has 0 heterocycles. The standard InChI is InChI=1S/C13H17Cl2NO3/c1-8(2)19-7-6-16-13(17)11-9(14)4-5-10(15)12(11)18-3/h4-5,8H,6-7H2,1-3H3,(H,16,17). The molecular weight excluding hydrogens is 289 g/mol. The zero-order valence-corrected chi connectivity index (χ0v) is 12.6. The lowest BCUT2D eigenvalue weighted by Crippen LogP contribution is -2.28. The number of carbonyl (C=O) groups is 1. The van der Waals surface area contributed by atoms with E-state index in [0.717, 1.165) is 0 Å². The fourth-order valence-electron chi connectivity index (χ4n) is 1.49. The first kappa shape index (κ1) is 16.1. The molecule has 0 atom stereocenters. The highest BCUT2D eigenvalue weighted by atomic mass is 35.5. The minimum Gasteiger partial charge on any atom is -0.494 e. The Balaban J connectivity index is 2.74. The molecule has 0 aliphatic carbocycles. The molecule has 0 radical (unpaired) electrons. The summed E-state index contributed by atoms with van der Waals surface area (Å²) in [7, 11) is 1.44. The van der Waals surface area contributed by atoms with Gasteiger partial charge in [-0.25, -0.2) is 0 Å². The summed E-state index contributed by atoms with van der Waals surface area (Å²) in [6.45, 7) is 4.68. The van der Waals surface area contributed by atoms with Crippen molar-refractivity contribution in [3.05, 3.63) is 27.7 Å². The van der Waals surface area contributed by atoms with Crippen LogP contribution in [0.3, 0.4) is 0 Å². The molecule has 1 N–H and O–H groups in total. The molecule has 0 fully saturated rings. The van der Waals surface area contributed by atoms with E-state index >= 15 is 0 Å². The van der Waals surface area contributed by atoms with E-state index in [1.54, 1.807) is 12.1 Å². The van der Waals surface area contributed by atoms with Crippen LogP contribution >= 0.6 is 23.2 Å². The minimum atomic E-state index is -0.336. The third-order valence-electron chi connectivity index (χ3n) is 2.33. The van der Waals surface area contributed by atoms with Crippen LogP contribution in [0.2, 0.25) is 10.0 Å². The zero-order valence-electron chi connectivity index (χ0n) is 11.1. The number of hydrogen-bond acceptors (Lipinski definition) is 3. The van der Waals surface area contributed by atoms with Crippen molar-refractivity contribution in [3.63, 3.8) is 0 Å². The monoisotopic (exact) mass is 305 g/mol. The van der Waals surface area contributed by atoms with Gasteiger partial charge >= 0.3 is 0 Å². The van der Waals surface area contributed by atoms with E-state index in [1.807, 2.05) is 13.8 Å². The second-order valence-electron chi connectivity index (χ2n) is 4.11. The summed E-state index contributed by atoms with van der Waals surface area (Å²) in [6, 6.07) is 3.15. The minimum absolute atomic E-state index is 0.126. The summed E-state index contributed by atoms with van der Waals surface area (Å²) in [5.74, 6) is -0.0619. The number of nitrogens with one attached hydrogen (secondary N) is 1. The van der Waals surface area contributed by atoms with Crippen LogP contribution in [0, 0.1) is 0 Å². The molecule has 1 aromatic carbocycles. The summed E-state index contributed by atoms with van der Waals surface area (Å²) >= 11 is 12.0. The Morgan fingerprint density at radius 2 is 1.95 bits per heavy atom. The number of halogens is 2. The summed E-state index contributed by atoms with van der Waals surface area (Å²) in [5, 5.41) is 3.35. The van der Waals surface area contributed by atoms with Crippen molar-refractivity contribution >= 4 is 29.1 Å². The van der Waals surface area contributed by atoms with E-state index in [4.69, 9.17) is 32.7 Å². The summed E-state index contributed by atoms with van der Waals surface area (Å²) < 4.78 is 10.4. The van der Waals surface area contributed by atoms with Crippen LogP contribution < -0.4 is 10.1 Å². The van der Waals surface area contributed by atoms with Crippen LogP contribution in [0.25, 0.3) is 0 Å². The molecule has 6 heteroatoms. The van der Waals surface area contributed by atoms with Crippen LogP contribution in [0.5, 0.6) is 5.75 Å². The van der Waals surface area contributed by atoms with E-state index in [9.17, 15) is 4.79 Å². The van der Waals surface area contributed by atoms with Crippen LogP contribution in [0.1, 0.15) is 24.2 Å². The topological polar surface area (TPSA) is 47.6 Å². The smallest absolute Gasteiger partial charge is 0.256 e. The third kappa shape index (κ3) is 4.56. The second kappa shape index (κ2) is 7.58. The lowest BCUT2D eigenvalue weighted by atomic mass is 10.2. The highest BCUT2D eigenvalue weighted by Gasteiger charge is 2.18. The molecule has 19 heavy (non-hydrogen) atoms. The van der Waals surface area contributed by atoms with Crippen molar-refractivity contribution < 1.29 is 14.3 Å². The number of methoxy groups -OCH3 is 1. The van der Waals surface area contributed by atoms with Crippen LogP contribution in [-0.2, 0) is 4.74 Å². The predicted molar refractivity (Wildman–Crippen MR) is 76.4 cm³/mol. The van der Waals surface area contributed by atoms with Gasteiger partial charge in [0, 0.05) is 6.54 Å². The van der Waals surface area contributed by atoms with Gasteiger partial charge in [-0.15, -0.1) is 0 Å². The number of hydrogen-bond donors (Lipinski definition) is 1. The fraction of sp³-hybridized carbons (Fsp3) is 0.462. The molecule has 4 nitrogen and oxygen atoms in total. The lowest BCUT2D eigenvalue weighted by Gasteiger charge is -2.13. The largest absolute Gasteiger partial charge is 0.494 e. The Kier molecular flexibility index (Phi) is 6.42. The van der Waals surface area contributed by atoms with E-state index in [0.29, 0.717) is 23.2 Å². The number of carbonyl (C=O) groups excluding carboxylic acids is 1. The molecule has 0 aliphatic heterocycles. The van der Waals surface area contributed by atoms with E-state index in [-0.39, 0.29) is 23.3 Å². The Morgan fingerprint density at radius 3 is 2.53 bits per heavy atom. The molecule has 1 rings (SSSR count). The molecule has 106 valence electrons. The molecule has 0 saturated heterocycles. The van der Waals surface area contributed by atoms with Gasteiger partial charge in [-0.3, -0.25) is 4.79 Å². The van der Waals surface area contributed by atoms with Crippen LogP contribution in [0.15, 0.2) is 12.1 Å². The van der Waals surface area contributed by atoms with Gasteiger partial charge < -0.3 is 14.8 Å². The summed E-state index contributed by atoms with van der Waals surface area (Å²) in [6.07, 6.45) is 0.126. The van der Waals surface area contributed by atoms with Gasteiger partial charge in [-0.2, -0.15) is 0 Å². The number of rotatable bonds is 6. The second-order valence-corrected chi connectivity index (χ2v) is 4.93. The molecule has 0 spiro atoms. The molecule has 0 unspecified atom stereocenters. The predicted octanol–water partition coefficient (Wildman–Crippen LogP) is 3.16. The summed E-state index contributed by atoms with van der Waals surface area (Å²) in [5.41, 5.74) is 0.237. The van der Waals surface area contributed by atoms with Gasteiger partial charge in [-0.05, 0) is 26.0 Å². The van der Waals surface area contributed by atoms with E-state index < -0.39 is 0 Å². The van der Waals surface area contributed by atoms with Crippen molar-refractivity contribution in [2.45, 2.75) is 20.0 Å². The van der Waals surface area contributed by atoms with Crippen LogP contribution in [0.4, 0.5) is 0 Å². The number of ether oxygens (including phenoxy) is 2. The Labute approximate surface area is 123 Å². The first-order valence-electron chi connectivity index (χ1n) is 5.89. The Morgan fingerprint density at radius 1 is 1.32 bits per heavy atom. The van der Waals surface area contributed by atoms with Crippen molar-refractivity contribution in [2.24, 2.45) is 0 Å². The normalized spacial score (nSPS) is 10.6. The molecule has 1 aromatic rings.